The zero-order chi connectivity index (χ0) is 19.1. The highest BCUT2D eigenvalue weighted by molar-refractivity contribution is 5.80. The van der Waals surface area contributed by atoms with Crippen molar-refractivity contribution in [2.24, 2.45) is 12.0 Å². The molecule has 0 bridgehead atoms. The molecule has 1 unspecified atom stereocenters. The SMILES string of the molecule is CCNC(=NCc1cccnc1OC)NC(C)Cc1c(C)nn(C)c1C. The van der Waals surface area contributed by atoms with Gasteiger partial charge in [-0.1, -0.05) is 6.07 Å². The van der Waals surface area contributed by atoms with Crippen molar-refractivity contribution in [2.45, 2.75) is 46.7 Å². The normalized spacial score (nSPS) is 12.8. The van der Waals surface area contributed by atoms with E-state index >= 15 is 0 Å². The summed E-state index contributed by atoms with van der Waals surface area (Å²) < 4.78 is 7.23. The lowest BCUT2D eigenvalue weighted by atomic mass is 10.1. The molecule has 0 amide bonds. The Morgan fingerprint density at radius 1 is 1.38 bits per heavy atom. The molecule has 1 atom stereocenters. The Labute approximate surface area is 155 Å². The van der Waals surface area contributed by atoms with Gasteiger partial charge in [-0.25, -0.2) is 9.98 Å². The van der Waals surface area contributed by atoms with Gasteiger partial charge in [0.1, 0.15) is 0 Å². The minimum Gasteiger partial charge on any atom is -0.481 e. The molecule has 0 saturated carbocycles. The minimum atomic E-state index is 0.227. The molecule has 0 saturated heterocycles. The van der Waals surface area contributed by atoms with E-state index in [9.17, 15) is 0 Å². The number of pyridine rings is 1. The van der Waals surface area contributed by atoms with Gasteiger partial charge in [0.05, 0.1) is 19.3 Å². The zero-order valence-electron chi connectivity index (χ0n) is 16.6. The summed E-state index contributed by atoms with van der Waals surface area (Å²) in [6, 6.07) is 4.10. The second-order valence-corrected chi connectivity index (χ2v) is 6.39. The van der Waals surface area contributed by atoms with Crippen molar-refractivity contribution in [1.29, 1.82) is 0 Å². The van der Waals surface area contributed by atoms with E-state index in [0.717, 1.165) is 30.2 Å². The predicted octanol–water partition coefficient (Wildman–Crippen LogP) is 2.13. The van der Waals surface area contributed by atoms with Crippen LogP contribution in [0.25, 0.3) is 0 Å². The van der Waals surface area contributed by atoms with Gasteiger partial charge >= 0.3 is 0 Å². The number of hydrogen-bond acceptors (Lipinski definition) is 4. The maximum atomic E-state index is 5.30. The van der Waals surface area contributed by atoms with Crippen molar-refractivity contribution in [3.8, 4) is 5.88 Å². The summed E-state index contributed by atoms with van der Waals surface area (Å²) in [4.78, 5) is 8.90. The van der Waals surface area contributed by atoms with Crippen molar-refractivity contribution >= 4 is 5.96 Å². The smallest absolute Gasteiger partial charge is 0.218 e. The van der Waals surface area contributed by atoms with Gasteiger partial charge in [0.15, 0.2) is 5.96 Å². The first kappa shape index (κ1) is 19.8. The number of guanidine groups is 1. The molecule has 0 spiro atoms. The number of ether oxygens (including phenoxy) is 1. The van der Waals surface area contributed by atoms with Crippen LogP contribution in [0.1, 0.15) is 36.4 Å². The Bertz CT molecular complexity index is 752. The molecule has 0 fully saturated rings. The van der Waals surface area contributed by atoms with Gasteiger partial charge in [-0.05, 0) is 45.7 Å². The first-order valence-corrected chi connectivity index (χ1v) is 8.98. The average molecular weight is 358 g/mol. The Morgan fingerprint density at radius 2 is 2.15 bits per heavy atom. The van der Waals surface area contributed by atoms with Crippen molar-refractivity contribution in [3.05, 3.63) is 40.8 Å². The molecule has 2 aromatic rings. The van der Waals surface area contributed by atoms with E-state index in [0.29, 0.717) is 12.4 Å². The predicted molar refractivity (Wildman–Crippen MR) is 105 cm³/mol. The minimum absolute atomic E-state index is 0.227. The Hall–Kier alpha value is -2.57. The van der Waals surface area contributed by atoms with Crippen LogP contribution in [0, 0.1) is 13.8 Å². The number of nitrogens with one attached hydrogen (secondary N) is 2. The van der Waals surface area contributed by atoms with Crippen molar-refractivity contribution < 1.29 is 4.74 Å². The Balaban J connectivity index is 2.06. The molecule has 26 heavy (non-hydrogen) atoms. The average Bonchev–Trinajstić information content (AvgIpc) is 2.86. The third-order valence-corrected chi connectivity index (χ3v) is 4.35. The molecular formula is C19H30N6O. The summed E-state index contributed by atoms with van der Waals surface area (Å²) in [6.07, 6.45) is 2.61. The van der Waals surface area contributed by atoms with E-state index in [1.807, 2.05) is 23.9 Å². The van der Waals surface area contributed by atoms with Crippen molar-refractivity contribution in [1.82, 2.24) is 25.4 Å². The molecule has 0 aliphatic heterocycles. The van der Waals surface area contributed by atoms with Crippen LogP contribution in [-0.2, 0) is 20.0 Å². The van der Waals surface area contributed by atoms with E-state index in [-0.39, 0.29) is 6.04 Å². The third kappa shape index (κ3) is 4.97. The molecule has 142 valence electrons. The molecule has 2 rings (SSSR count). The molecule has 0 radical (unpaired) electrons. The molecule has 0 aliphatic rings. The maximum absolute atomic E-state index is 5.30. The van der Waals surface area contributed by atoms with Gasteiger partial charge in [-0.2, -0.15) is 5.10 Å². The number of aliphatic imine (C=N–C) groups is 1. The van der Waals surface area contributed by atoms with Gasteiger partial charge < -0.3 is 15.4 Å². The monoisotopic (exact) mass is 358 g/mol. The first-order chi connectivity index (χ1) is 12.5. The lowest BCUT2D eigenvalue weighted by molar-refractivity contribution is 0.392. The number of aryl methyl sites for hydroxylation is 2. The number of nitrogens with zero attached hydrogens (tertiary/aromatic N) is 4. The zero-order valence-corrected chi connectivity index (χ0v) is 16.6. The van der Waals surface area contributed by atoms with Crippen LogP contribution in [-0.4, -0.2) is 40.4 Å². The fourth-order valence-electron chi connectivity index (χ4n) is 2.92. The molecular weight excluding hydrogens is 328 g/mol. The lowest BCUT2D eigenvalue weighted by Gasteiger charge is -2.18. The van der Waals surface area contributed by atoms with Crippen LogP contribution in [0.3, 0.4) is 0 Å². The highest BCUT2D eigenvalue weighted by atomic mass is 16.5. The first-order valence-electron chi connectivity index (χ1n) is 8.98. The molecule has 0 aliphatic carbocycles. The van der Waals surface area contributed by atoms with Gasteiger partial charge in [0.2, 0.25) is 5.88 Å². The highest BCUT2D eigenvalue weighted by Crippen LogP contribution is 2.15. The van der Waals surface area contributed by atoms with Gasteiger partial charge in [0.25, 0.3) is 0 Å². The van der Waals surface area contributed by atoms with E-state index < -0.39 is 0 Å². The molecule has 2 N–H and O–H groups in total. The van der Waals surface area contributed by atoms with E-state index in [1.54, 1.807) is 13.3 Å². The van der Waals surface area contributed by atoms with E-state index in [2.05, 4.69) is 53.4 Å². The van der Waals surface area contributed by atoms with Crippen LogP contribution in [0.2, 0.25) is 0 Å². The molecule has 2 heterocycles. The summed E-state index contributed by atoms with van der Waals surface area (Å²) in [5, 5.41) is 11.3. The number of aromatic nitrogens is 3. The number of rotatable bonds is 7. The molecule has 7 nitrogen and oxygen atoms in total. The molecule has 0 aromatic carbocycles. The largest absolute Gasteiger partial charge is 0.481 e. The van der Waals surface area contributed by atoms with Crippen LogP contribution >= 0.6 is 0 Å². The quantitative estimate of drug-likeness (QED) is 0.586. The van der Waals surface area contributed by atoms with Gasteiger partial charge in [0, 0.05) is 37.1 Å². The van der Waals surface area contributed by atoms with Gasteiger partial charge in [-0.15, -0.1) is 0 Å². The Morgan fingerprint density at radius 3 is 2.77 bits per heavy atom. The van der Waals surface area contributed by atoms with Crippen LogP contribution in [0.5, 0.6) is 5.88 Å². The van der Waals surface area contributed by atoms with Crippen molar-refractivity contribution in [3.63, 3.8) is 0 Å². The maximum Gasteiger partial charge on any atom is 0.218 e. The van der Waals surface area contributed by atoms with E-state index in [4.69, 9.17) is 4.74 Å². The fraction of sp³-hybridized carbons (Fsp3) is 0.526. The molecule has 7 heteroatoms. The number of methoxy groups -OCH3 is 1. The molecule has 2 aromatic heterocycles. The van der Waals surface area contributed by atoms with Crippen LogP contribution in [0.15, 0.2) is 23.3 Å². The van der Waals surface area contributed by atoms with Gasteiger partial charge in [-0.3, -0.25) is 4.68 Å². The standard InChI is InChI=1S/C19H30N6O/c1-7-20-19(22-12-16-9-8-10-21-18(16)26-6)23-13(2)11-17-14(3)24-25(5)15(17)4/h8-10,13H,7,11-12H2,1-6H3,(H2,20,22,23). The lowest BCUT2D eigenvalue weighted by Crippen LogP contribution is -2.43. The highest BCUT2D eigenvalue weighted by Gasteiger charge is 2.14. The summed E-state index contributed by atoms with van der Waals surface area (Å²) in [6.45, 7) is 9.68. The fourth-order valence-corrected chi connectivity index (χ4v) is 2.92. The third-order valence-electron chi connectivity index (χ3n) is 4.35. The second kappa shape index (κ2) is 9.22. The van der Waals surface area contributed by atoms with Crippen molar-refractivity contribution in [2.75, 3.05) is 13.7 Å². The second-order valence-electron chi connectivity index (χ2n) is 6.39. The summed E-state index contributed by atoms with van der Waals surface area (Å²) in [5.74, 6) is 1.40. The summed E-state index contributed by atoms with van der Waals surface area (Å²) in [7, 11) is 3.61. The van der Waals surface area contributed by atoms with E-state index in [1.165, 1.54) is 11.3 Å². The topological polar surface area (TPSA) is 76.4 Å². The van der Waals surface area contributed by atoms with Crippen LogP contribution in [0.4, 0.5) is 0 Å². The Kier molecular flexibility index (Phi) is 7.00. The summed E-state index contributed by atoms with van der Waals surface area (Å²) in [5.41, 5.74) is 4.54. The van der Waals surface area contributed by atoms with Crippen LogP contribution < -0.4 is 15.4 Å². The summed E-state index contributed by atoms with van der Waals surface area (Å²) >= 11 is 0. The number of hydrogen-bond donors (Lipinski definition) is 2.